The van der Waals surface area contributed by atoms with Crippen LogP contribution in [0.1, 0.15) is 16.8 Å². The van der Waals surface area contributed by atoms with Crippen molar-refractivity contribution in [2.45, 2.75) is 20.0 Å². The van der Waals surface area contributed by atoms with Gasteiger partial charge in [0.1, 0.15) is 5.82 Å². The first-order valence-electron chi connectivity index (χ1n) is 5.77. The lowest BCUT2D eigenvalue weighted by molar-refractivity contribution is 0.110. The number of ether oxygens (including phenoxy) is 1. The standard InChI is InChI=1S/C13H15N3O/c1-9-3-2-4-10(7-9)16-13(14)11-8-17-6-5-12(11)15-16/h2-4,7H,5-6,8,14H2,1H3. The smallest absolute Gasteiger partial charge is 0.133 e. The van der Waals surface area contributed by atoms with Crippen LogP contribution in [0, 0.1) is 6.92 Å². The number of rotatable bonds is 1. The van der Waals surface area contributed by atoms with Gasteiger partial charge in [-0.05, 0) is 24.6 Å². The Hall–Kier alpha value is -1.81. The Bertz CT molecular complexity index is 560. The van der Waals surface area contributed by atoms with E-state index >= 15 is 0 Å². The van der Waals surface area contributed by atoms with Crippen molar-refractivity contribution in [3.63, 3.8) is 0 Å². The first kappa shape index (κ1) is 10.4. The predicted octanol–water partition coefficient (Wildman–Crippen LogP) is 1.84. The number of benzene rings is 1. The lowest BCUT2D eigenvalue weighted by Gasteiger charge is -2.10. The lowest BCUT2D eigenvalue weighted by atomic mass is 10.1. The Morgan fingerprint density at radius 1 is 1.41 bits per heavy atom. The second-order valence-corrected chi connectivity index (χ2v) is 4.36. The first-order valence-corrected chi connectivity index (χ1v) is 5.77. The average molecular weight is 229 g/mol. The molecule has 0 atom stereocenters. The van der Waals surface area contributed by atoms with Gasteiger partial charge in [-0.25, -0.2) is 4.68 Å². The third kappa shape index (κ3) is 1.70. The van der Waals surface area contributed by atoms with Crippen molar-refractivity contribution in [2.75, 3.05) is 12.3 Å². The van der Waals surface area contributed by atoms with Crippen LogP contribution < -0.4 is 5.73 Å². The fourth-order valence-corrected chi connectivity index (χ4v) is 2.17. The van der Waals surface area contributed by atoms with Gasteiger partial charge in [0.25, 0.3) is 0 Å². The Labute approximate surface area is 100 Å². The third-order valence-electron chi connectivity index (χ3n) is 3.08. The van der Waals surface area contributed by atoms with E-state index in [-0.39, 0.29) is 0 Å². The molecular formula is C13H15N3O. The van der Waals surface area contributed by atoms with Gasteiger partial charge in [-0.1, -0.05) is 12.1 Å². The minimum absolute atomic E-state index is 0.576. The molecule has 3 rings (SSSR count). The van der Waals surface area contributed by atoms with Crippen molar-refractivity contribution < 1.29 is 4.74 Å². The summed E-state index contributed by atoms with van der Waals surface area (Å²) in [5, 5.41) is 4.57. The molecular weight excluding hydrogens is 214 g/mol. The van der Waals surface area contributed by atoms with Crippen molar-refractivity contribution in [1.29, 1.82) is 0 Å². The quantitative estimate of drug-likeness (QED) is 0.811. The molecule has 2 N–H and O–H groups in total. The highest BCUT2D eigenvalue weighted by atomic mass is 16.5. The van der Waals surface area contributed by atoms with E-state index < -0.39 is 0 Å². The molecule has 88 valence electrons. The fourth-order valence-electron chi connectivity index (χ4n) is 2.17. The summed E-state index contributed by atoms with van der Waals surface area (Å²) in [7, 11) is 0. The molecule has 0 amide bonds. The molecule has 1 aromatic heterocycles. The fraction of sp³-hybridized carbons (Fsp3) is 0.308. The molecule has 4 heteroatoms. The summed E-state index contributed by atoms with van der Waals surface area (Å²) in [5.41, 5.74) is 10.4. The highest BCUT2D eigenvalue weighted by Crippen LogP contribution is 2.25. The Morgan fingerprint density at radius 3 is 3.06 bits per heavy atom. The minimum atomic E-state index is 0.576. The maximum absolute atomic E-state index is 6.13. The summed E-state index contributed by atoms with van der Waals surface area (Å²) >= 11 is 0. The molecule has 0 unspecified atom stereocenters. The third-order valence-corrected chi connectivity index (χ3v) is 3.08. The van der Waals surface area contributed by atoms with Crippen molar-refractivity contribution in [3.8, 4) is 5.69 Å². The van der Waals surface area contributed by atoms with Gasteiger partial charge in [0.05, 0.1) is 24.6 Å². The van der Waals surface area contributed by atoms with Crippen LogP contribution in [-0.4, -0.2) is 16.4 Å². The van der Waals surface area contributed by atoms with E-state index in [4.69, 9.17) is 10.5 Å². The Morgan fingerprint density at radius 2 is 2.29 bits per heavy atom. The molecule has 1 aliphatic rings. The second kappa shape index (κ2) is 3.89. The Kier molecular flexibility index (Phi) is 2.37. The minimum Gasteiger partial charge on any atom is -0.383 e. The van der Waals surface area contributed by atoms with E-state index in [1.807, 2.05) is 16.8 Å². The molecule has 0 fully saturated rings. The van der Waals surface area contributed by atoms with Crippen molar-refractivity contribution in [2.24, 2.45) is 0 Å². The number of nitrogens with zero attached hydrogens (tertiary/aromatic N) is 2. The van der Waals surface area contributed by atoms with Crippen LogP contribution in [0.4, 0.5) is 5.82 Å². The van der Waals surface area contributed by atoms with Crippen LogP contribution >= 0.6 is 0 Å². The summed E-state index contributed by atoms with van der Waals surface area (Å²) in [6, 6.07) is 8.17. The van der Waals surface area contributed by atoms with Gasteiger partial charge in [0, 0.05) is 12.0 Å². The number of hydrogen-bond donors (Lipinski definition) is 1. The zero-order chi connectivity index (χ0) is 11.8. The molecule has 4 nitrogen and oxygen atoms in total. The highest BCUT2D eigenvalue weighted by Gasteiger charge is 2.19. The molecule has 1 aliphatic heterocycles. The van der Waals surface area contributed by atoms with E-state index in [1.54, 1.807) is 0 Å². The molecule has 0 radical (unpaired) electrons. The molecule has 0 spiro atoms. The molecule has 2 heterocycles. The van der Waals surface area contributed by atoms with Crippen LogP contribution in [-0.2, 0) is 17.8 Å². The van der Waals surface area contributed by atoms with Crippen molar-refractivity contribution in [1.82, 2.24) is 9.78 Å². The zero-order valence-electron chi connectivity index (χ0n) is 9.81. The first-order chi connectivity index (χ1) is 8.25. The summed E-state index contributed by atoms with van der Waals surface area (Å²) in [4.78, 5) is 0. The van der Waals surface area contributed by atoms with Gasteiger partial charge in [-0.2, -0.15) is 5.10 Å². The molecule has 0 saturated carbocycles. The summed E-state index contributed by atoms with van der Waals surface area (Å²) in [5.74, 6) is 0.699. The number of hydrogen-bond acceptors (Lipinski definition) is 3. The van der Waals surface area contributed by atoms with Gasteiger partial charge in [-0.3, -0.25) is 0 Å². The molecule has 0 aliphatic carbocycles. The molecule has 0 saturated heterocycles. The van der Waals surface area contributed by atoms with Crippen LogP contribution in [0.15, 0.2) is 24.3 Å². The number of aryl methyl sites for hydroxylation is 1. The summed E-state index contributed by atoms with van der Waals surface area (Å²) in [6.45, 7) is 3.37. The topological polar surface area (TPSA) is 53.1 Å². The van der Waals surface area contributed by atoms with Gasteiger partial charge < -0.3 is 10.5 Å². The van der Waals surface area contributed by atoms with E-state index in [1.165, 1.54) is 5.56 Å². The molecule has 1 aromatic carbocycles. The second-order valence-electron chi connectivity index (χ2n) is 4.36. The predicted molar refractivity (Wildman–Crippen MR) is 66.1 cm³/mol. The number of nitrogen functional groups attached to an aromatic ring is 1. The largest absolute Gasteiger partial charge is 0.383 e. The van der Waals surface area contributed by atoms with Crippen molar-refractivity contribution in [3.05, 3.63) is 41.1 Å². The molecule has 17 heavy (non-hydrogen) atoms. The SMILES string of the molecule is Cc1cccc(-n2nc3c(c2N)COCC3)c1. The van der Waals surface area contributed by atoms with Gasteiger partial charge in [0.2, 0.25) is 0 Å². The van der Waals surface area contributed by atoms with E-state index in [0.717, 1.165) is 30.0 Å². The molecule has 0 bridgehead atoms. The summed E-state index contributed by atoms with van der Waals surface area (Å²) in [6.07, 6.45) is 0.846. The maximum atomic E-state index is 6.13. The van der Waals surface area contributed by atoms with Crippen LogP contribution in [0.2, 0.25) is 0 Å². The van der Waals surface area contributed by atoms with Crippen LogP contribution in [0.25, 0.3) is 5.69 Å². The lowest BCUT2D eigenvalue weighted by Crippen LogP contribution is -2.09. The normalized spacial score (nSPS) is 14.6. The average Bonchev–Trinajstić information content (AvgIpc) is 2.68. The van der Waals surface area contributed by atoms with E-state index in [0.29, 0.717) is 12.4 Å². The van der Waals surface area contributed by atoms with E-state index in [2.05, 4.69) is 24.2 Å². The molecule has 2 aromatic rings. The number of fused-ring (bicyclic) bond motifs is 1. The number of anilines is 1. The Balaban J connectivity index is 2.12. The monoisotopic (exact) mass is 229 g/mol. The maximum Gasteiger partial charge on any atom is 0.133 e. The highest BCUT2D eigenvalue weighted by molar-refractivity contribution is 5.50. The van der Waals surface area contributed by atoms with E-state index in [9.17, 15) is 0 Å². The number of aromatic nitrogens is 2. The van der Waals surface area contributed by atoms with Crippen LogP contribution in [0.5, 0.6) is 0 Å². The van der Waals surface area contributed by atoms with Gasteiger partial charge in [0.15, 0.2) is 0 Å². The number of nitrogens with two attached hydrogens (primary N) is 1. The zero-order valence-corrected chi connectivity index (χ0v) is 9.81. The van der Waals surface area contributed by atoms with Gasteiger partial charge >= 0.3 is 0 Å². The van der Waals surface area contributed by atoms with Gasteiger partial charge in [-0.15, -0.1) is 0 Å². The summed E-state index contributed by atoms with van der Waals surface area (Å²) < 4.78 is 7.23. The van der Waals surface area contributed by atoms with Crippen LogP contribution in [0.3, 0.4) is 0 Å². The van der Waals surface area contributed by atoms with Crippen molar-refractivity contribution >= 4 is 5.82 Å².